The van der Waals surface area contributed by atoms with Crippen molar-refractivity contribution >= 4 is 5.57 Å². The van der Waals surface area contributed by atoms with Gasteiger partial charge in [0, 0.05) is 18.2 Å². The molecule has 0 radical (unpaired) electrons. The molecule has 1 aromatic carbocycles. The highest BCUT2D eigenvalue weighted by atomic mass is 19.1. The predicted molar refractivity (Wildman–Crippen MR) is 202 cm³/mol. The van der Waals surface area contributed by atoms with Gasteiger partial charge in [0.05, 0.1) is 12.0 Å². The van der Waals surface area contributed by atoms with E-state index in [-0.39, 0.29) is 0 Å². The fourth-order valence-corrected chi connectivity index (χ4v) is 3.74. The zero-order chi connectivity index (χ0) is 34.3. The summed E-state index contributed by atoms with van der Waals surface area (Å²) in [5, 5.41) is 3.18. The molecular formula is C42H60FN. The Morgan fingerprint density at radius 3 is 1.70 bits per heavy atom. The maximum absolute atomic E-state index is 14.5. The van der Waals surface area contributed by atoms with Crippen LogP contribution in [-0.4, -0.2) is 7.05 Å². The maximum Gasteiger partial charge on any atom is 0.0960 e. The summed E-state index contributed by atoms with van der Waals surface area (Å²) >= 11 is 0. The van der Waals surface area contributed by atoms with Gasteiger partial charge in [0.25, 0.3) is 0 Å². The number of allylic oxidation sites excluding steroid dienone is 19. The normalized spacial score (nSPS) is 13.5. The molecule has 0 aliphatic carbocycles. The van der Waals surface area contributed by atoms with E-state index in [1.807, 2.05) is 124 Å². The van der Waals surface area contributed by atoms with E-state index in [2.05, 4.69) is 61.8 Å². The maximum atomic E-state index is 14.5. The van der Waals surface area contributed by atoms with Gasteiger partial charge in [-0.25, -0.2) is 4.39 Å². The zero-order valence-electron chi connectivity index (χ0n) is 29.8. The van der Waals surface area contributed by atoms with Gasteiger partial charge < -0.3 is 5.32 Å². The van der Waals surface area contributed by atoms with Crippen molar-refractivity contribution in [2.24, 2.45) is 0 Å². The van der Waals surface area contributed by atoms with Crippen LogP contribution in [0.1, 0.15) is 80.4 Å². The minimum Gasteiger partial charge on any atom is -0.387 e. The lowest BCUT2D eigenvalue weighted by Gasteiger charge is -2.15. The van der Waals surface area contributed by atoms with Gasteiger partial charge in [0.15, 0.2) is 0 Å². The van der Waals surface area contributed by atoms with Crippen LogP contribution >= 0.6 is 0 Å². The molecule has 0 spiro atoms. The van der Waals surface area contributed by atoms with E-state index in [0.29, 0.717) is 17.6 Å². The minimum absolute atomic E-state index is 0.390. The first-order valence-corrected chi connectivity index (χ1v) is 15.8. The number of hydrogen-bond donors (Lipinski definition) is 1. The van der Waals surface area contributed by atoms with Crippen molar-refractivity contribution in [2.45, 2.75) is 76.2 Å². The molecule has 0 saturated heterocycles. The average molecular weight is 598 g/mol. The summed E-state index contributed by atoms with van der Waals surface area (Å²) in [7, 11) is 1.78. The number of benzene rings is 1. The van der Waals surface area contributed by atoms with E-state index in [4.69, 9.17) is 0 Å². The number of nitrogens with one attached hydrogen (secondary N) is 1. The van der Waals surface area contributed by atoms with E-state index in [9.17, 15) is 4.39 Å². The Hall–Kier alpha value is -4.17. The topological polar surface area (TPSA) is 12.0 Å². The molecule has 0 bridgehead atoms. The molecule has 44 heavy (non-hydrogen) atoms. The van der Waals surface area contributed by atoms with Crippen molar-refractivity contribution in [3.05, 3.63) is 174 Å². The fraction of sp³-hybridized carbons (Fsp3) is 0.286. The van der Waals surface area contributed by atoms with Crippen LogP contribution in [0.15, 0.2) is 162 Å². The van der Waals surface area contributed by atoms with Crippen molar-refractivity contribution < 1.29 is 4.39 Å². The van der Waals surface area contributed by atoms with Crippen molar-refractivity contribution in [2.75, 3.05) is 7.05 Å². The molecule has 1 rings (SSSR count). The first kappa shape index (κ1) is 44.3. The third-order valence-corrected chi connectivity index (χ3v) is 5.71. The molecule has 0 saturated carbocycles. The van der Waals surface area contributed by atoms with Crippen LogP contribution in [0.5, 0.6) is 0 Å². The molecule has 1 nitrogen and oxygen atoms in total. The quantitative estimate of drug-likeness (QED) is 0.223. The van der Waals surface area contributed by atoms with Crippen LogP contribution in [0.3, 0.4) is 0 Å². The Bertz CT molecular complexity index is 1250. The molecule has 0 aliphatic rings. The van der Waals surface area contributed by atoms with Gasteiger partial charge in [-0.1, -0.05) is 157 Å². The summed E-state index contributed by atoms with van der Waals surface area (Å²) in [6.45, 7) is 30.0. The highest BCUT2D eigenvalue weighted by Gasteiger charge is 2.12. The van der Waals surface area contributed by atoms with Gasteiger partial charge in [-0.2, -0.15) is 0 Å². The van der Waals surface area contributed by atoms with Crippen LogP contribution in [0, 0.1) is 6.92 Å². The summed E-state index contributed by atoms with van der Waals surface area (Å²) in [6.07, 6.45) is 27.9. The third kappa shape index (κ3) is 16.5. The van der Waals surface area contributed by atoms with E-state index in [1.165, 1.54) is 5.56 Å². The van der Waals surface area contributed by atoms with Crippen LogP contribution in [-0.2, 0) is 0 Å². The zero-order valence-corrected chi connectivity index (χ0v) is 29.8. The molecule has 2 heteroatoms. The monoisotopic (exact) mass is 597 g/mol. The first-order valence-electron chi connectivity index (χ1n) is 15.8. The largest absolute Gasteiger partial charge is 0.387 e. The molecule has 1 N–H and O–H groups in total. The van der Waals surface area contributed by atoms with Crippen LogP contribution in [0.2, 0.25) is 0 Å². The van der Waals surface area contributed by atoms with Gasteiger partial charge in [-0.3, -0.25) is 0 Å². The molecule has 240 valence electrons. The SMILES string of the molecule is C=CC(\C(\C=C/C)=C/C)=C(NC)/C(=C\F)/C=C(C=C)/C(/C=C/C=C/C)=C/C(=C\C=C/C)c1ccc(C)cc1.CC.CC.CC. The standard InChI is InChI=1S/C36H42FN.3C2H6/c1-9-15-17-20-32(26-33(19-16-10-2)31-23-21-28(7)22-24-31)30(13-5)25-34(27-37)36(38-8)35(14-6)29(12-4)18-11-3;3*1-2/h9-27,38H,5-6H2,1-4,7-8H3;3*1-2H3/b15-9+,16-10-,18-11-,20-17+,29-12-,30-25+,32-26+,33-19+,34-27-,36-35-;;;. The second-order valence-electron chi connectivity index (χ2n) is 8.35. The predicted octanol–water partition coefficient (Wildman–Crippen LogP) is 13.2. The molecule has 0 fully saturated rings. The molecular weight excluding hydrogens is 537 g/mol. The molecule has 0 heterocycles. The molecule has 0 atom stereocenters. The first-order chi connectivity index (χ1) is 21.4. The minimum atomic E-state index is 0.390. The Labute approximate surface area is 271 Å². The van der Waals surface area contributed by atoms with E-state index >= 15 is 0 Å². The van der Waals surface area contributed by atoms with Crippen molar-refractivity contribution in [3.63, 3.8) is 0 Å². The summed E-state index contributed by atoms with van der Waals surface area (Å²) in [5.74, 6) is 0. The van der Waals surface area contributed by atoms with Gasteiger partial charge in [-0.05, 0) is 74.6 Å². The van der Waals surface area contributed by atoms with Crippen molar-refractivity contribution in [1.29, 1.82) is 0 Å². The van der Waals surface area contributed by atoms with Gasteiger partial charge in [-0.15, -0.1) is 0 Å². The third-order valence-electron chi connectivity index (χ3n) is 5.71. The lowest BCUT2D eigenvalue weighted by atomic mass is 9.94. The average Bonchev–Trinajstić information content (AvgIpc) is 3.08. The molecule has 0 aliphatic heterocycles. The Morgan fingerprint density at radius 1 is 0.682 bits per heavy atom. The lowest BCUT2D eigenvalue weighted by Crippen LogP contribution is -2.11. The number of hydrogen-bond acceptors (Lipinski definition) is 1. The molecule has 0 amide bonds. The summed E-state index contributed by atoms with van der Waals surface area (Å²) in [5.41, 5.74) is 7.75. The van der Waals surface area contributed by atoms with Crippen LogP contribution < -0.4 is 5.32 Å². The van der Waals surface area contributed by atoms with Crippen molar-refractivity contribution in [1.82, 2.24) is 5.32 Å². The van der Waals surface area contributed by atoms with Crippen molar-refractivity contribution in [3.8, 4) is 0 Å². The smallest absolute Gasteiger partial charge is 0.0960 e. The van der Waals surface area contributed by atoms with Crippen LogP contribution in [0.4, 0.5) is 4.39 Å². The molecule has 1 aromatic rings. The van der Waals surface area contributed by atoms with Crippen LogP contribution in [0.25, 0.3) is 5.57 Å². The fourth-order valence-electron chi connectivity index (χ4n) is 3.74. The highest BCUT2D eigenvalue weighted by molar-refractivity contribution is 5.78. The van der Waals surface area contributed by atoms with Gasteiger partial charge in [0.1, 0.15) is 0 Å². The molecule has 0 aromatic heterocycles. The van der Waals surface area contributed by atoms with E-state index < -0.39 is 0 Å². The second-order valence-corrected chi connectivity index (χ2v) is 8.35. The Balaban J connectivity index is -0.00000263. The summed E-state index contributed by atoms with van der Waals surface area (Å²) < 4.78 is 14.5. The van der Waals surface area contributed by atoms with Gasteiger partial charge >= 0.3 is 0 Å². The van der Waals surface area contributed by atoms with Gasteiger partial charge in [0.2, 0.25) is 0 Å². The van der Waals surface area contributed by atoms with E-state index in [1.54, 1.807) is 25.3 Å². The Kier molecular flexibility index (Phi) is 30.5. The second kappa shape index (κ2) is 30.3. The number of likely N-dealkylation sites (N-methyl/N-ethyl adjacent to an activating group) is 1. The number of aryl methyl sites for hydroxylation is 1. The molecule has 0 unspecified atom stereocenters. The number of rotatable bonds is 13. The number of halogens is 1. The lowest BCUT2D eigenvalue weighted by molar-refractivity contribution is 0.711. The summed E-state index contributed by atoms with van der Waals surface area (Å²) in [6, 6.07) is 8.41. The summed E-state index contributed by atoms with van der Waals surface area (Å²) in [4.78, 5) is 0. The Morgan fingerprint density at radius 2 is 1.27 bits per heavy atom. The van der Waals surface area contributed by atoms with E-state index in [0.717, 1.165) is 33.4 Å². The highest BCUT2D eigenvalue weighted by Crippen LogP contribution is 2.28.